The van der Waals surface area contributed by atoms with Crippen LogP contribution in [0.1, 0.15) is 5.56 Å². The number of nitrogens with zero attached hydrogens (tertiary/aromatic N) is 1. The van der Waals surface area contributed by atoms with Gasteiger partial charge in [-0.1, -0.05) is 36.4 Å². The van der Waals surface area contributed by atoms with Crippen LogP contribution >= 0.6 is 0 Å². The van der Waals surface area contributed by atoms with Crippen molar-refractivity contribution >= 4 is 17.1 Å². The first-order chi connectivity index (χ1) is 14.6. The molecule has 0 radical (unpaired) electrons. The summed E-state index contributed by atoms with van der Waals surface area (Å²) in [5, 5.41) is 6.45. The Morgan fingerprint density at radius 3 is 1.97 bits per heavy atom. The number of nitrogens with one attached hydrogen (secondary N) is 2. The number of pyridine rings is 1. The second-order valence-corrected chi connectivity index (χ2v) is 7.32. The van der Waals surface area contributed by atoms with Crippen LogP contribution in [0.4, 0.5) is 17.1 Å². The number of hydrogen-bond donors (Lipinski definition) is 3. The maximum atomic E-state index is 6.06. The largest absolute Gasteiger partial charge is 0.399 e. The van der Waals surface area contributed by atoms with Gasteiger partial charge >= 0.3 is 0 Å². The highest BCUT2D eigenvalue weighted by atomic mass is 14.8. The molecule has 0 aliphatic rings. The van der Waals surface area contributed by atoms with Crippen LogP contribution in [0.5, 0.6) is 0 Å². The van der Waals surface area contributed by atoms with Crippen LogP contribution in [-0.2, 0) is 0 Å². The van der Waals surface area contributed by atoms with Crippen molar-refractivity contribution in [2.75, 3.05) is 30.5 Å². The minimum Gasteiger partial charge on any atom is -0.399 e. The third kappa shape index (κ3) is 3.85. The van der Waals surface area contributed by atoms with Gasteiger partial charge in [0.25, 0.3) is 0 Å². The van der Waals surface area contributed by atoms with Crippen molar-refractivity contribution in [1.82, 2.24) is 4.98 Å². The van der Waals surface area contributed by atoms with Gasteiger partial charge < -0.3 is 16.4 Å². The second-order valence-electron chi connectivity index (χ2n) is 7.32. The zero-order valence-electron chi connectivity index (χ0n) is 17.5. The van der Waals surface area contributed by atoms with Gasteiger partial charge in [-0.2, -0.15) is 0 Å². The van der Waals surface area contributed by atoms with E-state index in [1.54, 1.807) is 0 Å². The van der Waals surface area contributed by atoms with Crippen LogP contribution in [0.2, 0.25) is 0 Å². The van der Waals surface area contributed by atoms with Crippen LogP contribution in [0, 0.1) is 6.92 Å². The summed E-state index contributed by atoms with van der Waals surface area (Å²) in [6.45, 7) is 2.14. The van der Waals surface area contributed by atoms with Crippen molar-refractivity contribution in [2.45, 2.75) is 6.92 Å². The summed E-state index contributed by atoms with van der Waals surface area (Å²) in [7, 11) is 3.86. The molecule has 0 atom stereocenters. The van der Waals surface area contributed by atoms with E-state index in [9.17, 15) is 0 Å². The Morgan fingerprint density at radius 1 is 0.700 bits per heavy atom. The number of benzene rings is 3. The van der Waals surface area contributed by atoms with E-state index in [0.717, 1.165) is 56.3 Å². The average Bonchev–Trinajstić information content (AvgIpc) is 2.79. The molecular formula is C26H26N4. The standard InChI is InChI=1S/C26H26N4/c1-17-24(18-7-5-11-22(14-18)28-2)16-25(19-8-4-10-21(27)13-19)30-26(17)20-9-6-12-23(15-20)29-3/h4-16,28-29H,27H2,1-3H3. The summed E-state index contributed by atoms with van der Waals surface area (Å²) >= 11 is 0. The topological polar surface area (TPSA) is 63.0 Å². The summed E-state index contributed by atoms with van der Waals surface area (Å²) in [6.07, 6.45) is 0. The molecule has 0 amide bonds. The third-order valence-corrected chi connectivity index (χ3v) is 5.34. The average molecular weight is 395 g/mol. The van der Waals surface area contributed by atoms with E-state index in [-0.39, 0.29) is 0 Å². The fourth-order valence-electron chi connectivity index (χ4n) is 3.70. The molecule has 0 fully saturated rings. The SMILES string of the molecule is CNc1cccc(-c2cc(-c3cccc(N)c3)nc(-c3cccc(NC)c3)c2C)c1. The molecule has 1 heterocycles. The van der Waals surface area contributed by atoms with Crippen molar-refractivity contribution in [1.29, 1.82) is 0 Å². The van der Waals surface area contributed by atoms with Gasteiger partial charge in [-0.15, -0.1) is 0 Å². The van der Waals surface area contributed by atoms with E-state index in [1.807, 2.05) is 32.3 Å². The first kappa shape index (κ1) is 19.5. The molecule has 0 aliphatic heterocycles. The highest BCUT2D eigenvalue weighted by Crippen LogP contribution is 2.36. The van der Waals surface area contributed by atoms with Gasteiger partial charge in [-0.3, -0.25) is 0 Å². The van der Waals surface area contributed by atoms with Gasteiger partial charge in [0.2, 0.25) is 0 Å². The molecule has 4 N–H and O–H groups in total. The van der Waals surface area contributed by atoms with Crippen LogP contribution in [0.25, 0.3) is 33.6 Å². The molecule has 0 saturated heterocycles. The molecule has 0 spiro atoms. The Bertz CT molecular complexity index is 1130. The number of hydrogen-bond acceptors (Lipinski definition) is 4. The zero-order valence-corrected chi connectivity index (χ0v) is 17.5. The Morgan fingerprint density at radius 2 is 1.30 bits per heavy atom. The molecule has 4 heteroatoms. The molecule has 4 rings (SSSR count). The highest BCUT2D eigenvalue weighted by Gasteiger charge is 2.14. The minimum atomic E-state index is 0.729. The van der Waals surface area contributed by atoms with E-state index in [1.165, 1.54) is 0 Å². The minimum absolute atomic E-state index is 0.729. The van der Waals surface area contributed by atoms with Gasteiger partial charge in [-0.05, 0) is 66.1 Å². The lowest BCUT2D eigenvalue weighted by Gasteiger charge is -2.16. The van der Waals surface area contributed by atoms with E-state index in [2.05, 4.69) is 78.2 Å². The number of nitrogens with two attached hydrogens (primary N) is 1. The predicted molar refractivity (Wildman–Crippen MR) is 129 cm³/mol. The predicted octanol–water partition coefficient (Wildman–Crippen LogP) is 6.06. The summed E-state index contributed by atoms with van der Waals surface area (Å²) in [5.74, 6) is 0. The van der Waals surface area contributed by atoms with Crippen LogP contribution < -0.4 is 16.4 Å². The number of aromatic nitrogens is 1. The Hall–Kier alpha value is -3.79. The van der Waals surface area contributed by atoms with Gasteiger partial charge in [0, 0.05) is 42.3 Å². The molecule has 0 saturated carbocycles. The normalized spacial score (nSPS) is 10.6. The summed E-state index contributed by atoms with van der Waals surface area (Å²) in [5.41, 5.74) is 16.3. The summed E-state index contributed by atoms with van der Waals surface area (Å²) in [6, 6.07) is 26.8. The molecule has 0 unspecified atom stereocenters. The lowest BCUT2D eigenvalue weighted by atomic mass is 9.94. The van der Waals surface area contributed by atoms with E-state index >= 15 is 0 Å². The number of rotatable bonds is 5. The highest BCUT2D eigenvalue weighted by molar-refractivity contribution is 5.82. The van der Waals surface area contributed by atoms with Crippen molar-refractivity contribution in [2.24, 2.45) is 0 Å². The molecule has 150 valence electrons. The van der Waals surface area contributed by atoms with E-state index in [0.29, 0.717) is 0 Å². The number of anilines is 3. The van der Waals surface area contributed by atoms with Crippen LogP contribution in [-0.4, -0.2) is 19.1 Å². The third-order valence-electron chi connectivity index (χ3n) is 5.34. The smallest absolute Gasteiger partial charge is 0.0745 e. The Balaban J connectivity index is 1.98. The van der Waals surface area contributed by atoms with E-state index in [4.69, 9.17) is 10.7 Å². The van der Waals surface area contributed by atoms with Crippen molar-refractivity contribution in [3.8, 4) is 33.6 Å². The van der Waals surface area contributed by atoms with Gasteiger partial charge in [0.05, 0.1) is 11.4 Å². The fraction of sp³-hybridized carbons (Fsp3) is 0.115. The zero-order chi connectivity index (χ0) is 21.1. The molecule has 4 aromatic rings. The Labute approximate surface area is 177 Å². The lowest BCUT2D eigenvalue weighted by molar-refractivity contribution is 1.27. The summed E-state index contributed by atoms with van der Waals surface area (Å²) < 4.78 is 0. The molecular weight excluding hydrogens is 368 g/mol. The summed E-state index contributed by atoms with van der Waals surface area (Å²) in [4.78, 5) is 5.06. The quantitative estimate of drug-likeness (QED) is 0.360. The number of nitrogen functional groups attached to an aromatic ring is 1. The lowest BCUT2D eigenvalue weighted by Crippen LogP contribution is -1.98. The Kier molecular flexibility index (Phi) is 5.40. The molecule has 1 aromatic heterocycles. The van der Waals surface area contributed by atoms with Crippen molar-refractivity contribution < 1.29 is 0 Å². The maximum absolute atomic E-state index is 6.06. The molecule has 0 aliphatic carbocycles. The van der Waals surface area contributed by atoms with E-state index < -0.39 is 0 Å². The first-order valence-electron chi connectivity index (χ1n) is 10.0. The van der Waals surface area contributed by atoms with Crippen LogP contribution in [0.3, 0.4) is 0 Å². The van der Waals surface area contributed by atoms with Crippen LogP contribution in [0.15, 0.2) is 78.9 Å². The second kappa shape index (κ2) is 8.29. The van der Waals surface area contributed by atoms with Gasteiger partial charge in [0.15, 0.2) is 0 Å². The maximum Gasteiger partial charge on any atom is 0.0745 e. The molecule has 0 bridgehead atoms. The van der Waals surface area contributed by atoms with Gasteiger partial charge in [-0.25, -0.2) is 4.98 Å². The van der Waals surface area contributed by atoms with Crippen molar-refractivity contribution in [3.63, 3.8) is 0 Å². The monoisotopic (exact) mass is 394 g/mol. The molecule has 3 aromatic carbocycles. The van der Waals surface area contributed by atoms with Crippen molar-refractivity contribution in [3.05, 3.63) is 84.4 Å². The first-order valence-corrected chi connectivity index (χ1v) is 10.0. The van der Waals surface area contributed by atoms with Gasteiger partial charge in [0.1, 0.15) is 0 Å². The fourth-order valence-corrected chi connectivity index (χ4v) is 3.70. The molecule has 30 heavy (non-hydrogen) atoms. The molecule has 4 nitrogen and oxygen atoms in total.